The third kappa shape index (κ3) is 3.94. The number of carbonyl (C=O) groups is 1. The Labute approximate surface area is 177 Å². The van der Waals surface area contributed by atoms with Crippen molar-refractivity contribution < 1.29 is 19.7 Å². The Morgan fingerprint density at radius 2 is 2.03 bits per heavy atom. The lowest BCUT2D eigenvalue weighted by molar-refractivity contribution is -0.0888. The molecule has 158 valence electrons. The Hall–Kier alpha value is -1.87. The normalized spacial score (nSPS) is 25.4. The molecular formula is C20H27BrN4O4. The first-order chi connectivity index (χ1) is 13.7. The molecule has 2 N–H and O–H groups in total. The zero-order valence-electron chi connectivity index (χ0n) is 16.9. The Bertz CT molecular complexity index is 921. The zero-order valence-corrected chi connectivity index (χ0v) is 18.5. The van der Waals surface area contributed by atoms with Crippen LogP contribution in [0.15, 0.2) is 16.6 Å². The minimum atomic E-state index is -1.02. The van der Waals surface area contributed by atoms with Crippen LogP contribution in [0, 0.1) is 11.3 Å². The number of rotatable bonds is 4. The first-order valence-electron chi connectivity index (χ1n) is 10.0. The lowest BCUT2D eigenvalue weighted by Gasteiger charge is -2.47. The van der Waals surface area contributed by atoms with E-state index in [9.17, 15) is 15.0 Å². The van der Waals surface area contributed by atoms with E-state index >= 15 is 0 Å². The SMILES string of the molecule is CC(C)(C)C1C(O)C(Oc2ccc3c(nnn3CC3CC3)c2Br)CCN1C(=O)O. The molecule has 2 aliphatic rings. The largest absolute Gasteiger partial charge is 0.486 e. The Balaban J connectivity index is 1.57. The van der Waals surface area contributed by atoms with E-state index in [2.05, 4.69) is 26.2 Å². The van der Waals surface area contributed by atoms with Crippen LogP contribution in [-0.2, 0) is 6.54 Å². The van der Waals surface area contributed by atoms with Gasteiger partial charge in [0, 0.05) is 19.5 Å². The number of likely N-dealkylation sites (tertiary alicyclic amines) is 1. The monoisotopic (exact) mass is 466 g/mol. The summed E-state index contributed by atoms with van der Waals surface area (Å²) in [6, 6.07) is 3.25. The molecule has 0 bridgehead atoms. The van der Waals surface area contributed by atoms with E-state index in [0.29, 0.717) is 29.1 Å². The maximum absolute atomic E-state index is 11.7. The van der Waals surface area contributed by atoms with Crippen molar-refractivity contribution in [3.63, 3.8) is 0 Å². The molecule has 0 radical (unpaired) electrons. The van der Waals surface area contributed by atoms with Gasteiger partial charge in [-0.25, -0.2) is 9.48 Å². The molecule has 1 aliphatic heterocycles. The average Bonchev–Trinajstić information content (AvgIpc) is 3.36. The van der Waals surface area contributed by atoms with Crippen LogP contribution in [0.3, 0.4) is 0 Å². The van der Waals surface area contributed by atoms with Crippen LogP contribution in [0.25, 0.3) is 11.0 Å². The number of aliphatic hydroxyl groups excluding tert-OH is 1. The summed E-state index contributed by atoms with van der Waals surface area (Å²) in [6.07, 6.45) is 0.436. The summed E-state index contributed by atoms with van der Waals surface area (Å²) in [6.45, 7) is 6.98. The smallest absolute Gasteiger partial charge is 0.407 e. The lowest BCUT2D eigenvalue weighted by Crippen LogP contribution is -2.62. The molecule has 3 atom stereocenters. The van der Waals surface area contributed by atoms with Gasteiger partial charge in [-0.1, -0.05) is 26.0 Å². The standard InChI is InChI=1S/C20H27BrN4O4/c1-20(2,3)18-17(26)14(8-9-24(18)19(27)28)29-13-7-6-12-16(15(13)21)22-23-25(12)10-11-4-5-11/h6-7,11,14,17-18,26H,4-5,8-10H2,1-3H3,(H,27,28). The topological polar surface area (TPSA) is 101 Å². The molecule has 1 saturated carbocycles. The summed E-state index contributed by atoms with van der Waals surface area (Å²) >= 11 is 3.59. The number of hydrogen-bond acceptors (Lipinski definition) is 5. The van der Waals surface area contributed by atoms with Crippen LogP contribution in [-0.4, -0.2) is 61.0 Å². The van der Waals surface area contributed by atoms with Gasteiger partial charge in [-0.15, -0.1) is 5.10 Å². The molecule has 4 rings (SSSR count). The van der Waals surface area contributed by atoms with Gasteiger partial charge in [0.05, 0.1) is 16.0 Å². The van der Waals surface area contributed by atoms with Gasteiger partial charge in [0.15, 0.2) is 0 Å². The fourth-order valence-corrected chi connectivity index (χ4v) is 4.72. The van der Waals surface area contributed by atoms with Gasteiger partial charge >= 0.3 is 6.09 Å². The van der Waals surface area contributed by atoms with Crippen molar-refractivity contribution in [3.8, 4) is 5.75 Å². The van der Waals surface area contributed by atoms with Crippen molar-refractivity contribution in [2.75, 3.05) is 6.54 Å². The molecule has 1 aliphatic carbocycles. The maximum Gasteiger partial charge on any atom is 0.407 e. The highest BCUT2D eigenvalue weighted by Gasteiger charge is 2.46. The molecule has 9 heteroatoms. The van der Waals surface area contributed by atoms with E-state index in [-0.39, 0.29) is 0 Å². The van der Waals surface area contributed by atoms with Gasteiger partial charge in [0.1, 0.15) is 23.5 Å². The predicted molar refractivity (Wildman–Crippen MR) is 111 cm³/mol. The van der Waals surface area contributed by atoms with E-state index in [4.69, 9.17) is 4.74 Å². The van der Waals surface area contributed by atoms with Crippen LogP contribution in [0.5, 0.6) is 5.75 Å². The number of benzene rings is 1. The van der Waals surface area contributed by atoms with Crippen LogP contribution >= 0.6 is 15.9 Å². The molecule has 2 fully saturated rings. The Morgan fingerprint density at radius 3 is 2.66 bits per heavy atom. The molecule has 2 aromatic rings. The minimum absolute atomic E-state index is 0.316. The van der Waals surface area contributed by atoms with Crippen molar-refractivity contribution in [1.29, 1.82) is 0 Å². The Morgan fingerprint density at radius 1 is 1.31 bits per heavy atom. The first kappa shape index (κ1) is 20.4. The summed E-state index contributed by atoms with van der Waals surface area (Å²) in [7, 11) is 0. The number of piperidine rings is 1. The van der Waals surface area contributed by atoms with Crippen molar-refractivity contribution in [3.05, 3.63) is 16.6 Å². The molecule has 8 nitrogen and oxygen atoms in total. The minimum Gasteiger partial charge on any atom is -0.486 e. The summed E-state index contributed by atoms with van der Waals surface area (Å²) in [5.41, 5.74) is 1.25. The average molecular weight is 467 g/mol. The highest BCUT2D eigenvalue weighted by Crippen LogP contribution is 2.38. The highest BCUT2D eigenvalue weighted by atomic mass is 79.9. The first-order valence-corrected chi connectivity index (χ1v) is 10.8. The predicted octanol–water partition coefficient (Wildman–Crippen LogP) is 3.51. The second-order valence-electron chi connectivity index (χ2n) is 9.18. The summed E-state index contributed by atoms with van der Waals surface area (Å²) in [5.74, 6) is 1.27. The molecule has 1 saturated heterocycles. The van der Waals surface area contributed by atoms with Crippen molar-refractivity contribution in [1.82, 2.24) is 19.9 Å². The molecule has 1 aromatic heterocycles. The number of aromatic nitrogens is 3. The third-order valence-corrected chi connectivity index (χ3v) is 6.59. The molecule has 1 amide bonds. The van der Waals surface area contributed by atoms with Gasteiger partial charge in [0.2, 0.25) is 0 Å². The van der Waals surface area contributed by atoms with Crippen molar-refractivity contribution >= 4 is 33.1 Å². The van der Waals surface area contributed by atoms with Crippen molar-refractivity contribution in [2.45, 2.75) is 64.8 Å². The number of halogens is 1. The number of amides is 1. The molecule has 1 aromatic carbocycles. The maximum atomic E-state index is 11.7. The van der Waals surface area contributed by atoms with E-state index in [0.717, 1.165) is 17.6 Å². The fourth-order valence-electron chi connectivity index (χ4n) is 4.21. The molecule has 29 heavy (non-hydrogen) atoms. The fraction of sp³-hybridized carbons (Fsp3) is 0.650. The molecule has 3 unspecified atom stereocenters. The zero-order chi connectivity index (χ0) is 20.9. The summed E-state index contributed by atoms with van der Waals surface area (Å²) in [4.78, 5) is 13.0. The van der Waals surface area contributed by atoms with E-state index in [1.165, 1.54) is 17.7 Å². The summed E-state index contributed by atoms with van der Waals surface area (Å²) in [5, 5.41) is 29.1. The number of aliphatic hydroxyl groups is 1. The molecule has 2 heterocycles. The summed E-state index contributed by atoms with van der Waals surface area (Å²) < 4.78 is 8.80. The van der Waals surface area contributed by atoms with Crippen LogP contribution in [0.1, 0.15) is 40.0 Å². The van der Waals surface area contributed by atoms with Gasteiger partial charge in [-0.2, -0.15) is 0 Å². The van der Waals surface area contributed by atoms with E-state index in [1.807, 2.05) is 37.6 Å². The number of nitrogens with zero attached hydrogens (tertiary/aromatic N) is 4. The van der Waals surface area contributed by atoms with Gasteiger partial charge in [-0.3, -0.25) is 0 Å². The number of fused-ring (bicyclic) bond motifs is 1. The van der Waals surface area contributed by atoms with Gasteiger partial charge in [-0.05, 0) is 52.2 Å². The van der Waals surface area contributed by atoms with E-state index in [1.54, 1.807) is 0 Å². The molecular weight excluding hydrogens is 440 g/mol. The third-order valence-electron chi connectivity index (χ3n) is 5.82. The second kappa shape index (κ2) is 7.43. The number of ether oxygens (including phenoxy) is 1. The lowest BCUT2D eigenvalue weighted by atomic mass is 9.78. The number of hydrogen-bond donors (Lipinski definition) is 2. The second-order valence-corrected chi connectivity index (χ2v) is 9.98. The quantitative estimate of drug-likeness (QED) is 0.714. The van der Waals surface area contributed by atoms with Gasteiger partial charge < -0.3 is 19.8 Å². The van der Waals surface area contributed by atoms with Crippen LogP contribution in [0.2, 0.25) is 0 Å². The highest BCUT2D eigenvalue weighted by molar-refractivity contribution is 9.10. The molecule has 0 spiro atoms. The number of carboxylic acid groups (broad SMARTS) is 1. The van der Waals surface area contributed by atoms with Crippen molar-refractivity contribution in [2.24, 2.45) is 11.3 Å². The van der Waals surface area contributed by atoms with Crippen LogP contribution < -0.4 is 4.74 Å². The van der Waals surface area contributed by atoms with E-state index < -0.39 is 29.8 Å². The Kier molecular flexibility index (Phi) is 5.23. The van der Waals surface area contributed by atoms with Gasteiger partial charge in [0.25, 0.3) is 0 Å². The van der Waals surface area contributed by atoms with Crippen LogP contribution in [0.4, 0.5) is 4.79 Å².